The Morgan fingerprint density at radius 2 is 1.90 bits per heavy atom. The Hall–Kier alpha value is -4.20. The lowest BCUT2D eigenvalue weighted by molar-refractivity contribution is 0.226. The molecule has 6 rings (SSSR count). The third-order valence-electron chi connectivity index (χ3n) is 7.95. The molecule has 0 unspecified atom stereocenters. The molecule has 8 nitrogen and oxygen atoms in total. The van der Waals surface area contributed by atoms with E-state index in [-0.39, 0.29) is 17.4 Å². The Morgan fingerprint density at radius 1 is 1.14 bits per heavy atom. The van der Waals surface area contributed by atoms with Crippen molar-refractivity contribution < 1.29 is 17.0 Å². The highest BCUT2D eigenvalue weighted by atomic mass is 32.3. The molecule has 0 bridgehead atoms. The van der Waals surface area contributed by atoms with Crippen LogP contribution >= 0.6 is 0 Å². The smallest absolute Gasteiger partial charge is 0.333 e. The van der Waals surface area contributed by atoms with Gasteiger partial charge in [0.05, 0.1) is 22.9 Å². The highest BCUT2D eigenvalue weighted by molar-refractivity contribution is 7.86. The molecule has 0 radical (unpaired) electrons. The number of halogens is 1. The van der Waals surface area contributed by atoms with Gasteiger partial charge in [-0.05, 0) is 69.2 Å². The lowest BCUT2D eigenvalue weighted by atomic mass is 9.99. The minimum atomic E-state index is -4.98. The van der Waals surface area contributed by atoms with E-state index in [1.54, 1.807) is 6.07 Å². The van der Waals surface area contributed by atoms with Crippen molar-refractivity contribution in [1.82, 2.24) is 19.4 Å². The highest BCUT2D eigenvalue weighted by Gasteiger charge is 2.26. The number of nitrogens with one attached hydrogen (secondary N) is 1. The van der Waals surface area contributed by atoms with Crippen LogP contribution in [0.5, 0.6) is 5.75 Å². The van der Waals surface area contributed by atoms with Gasteiger partial charge in [-0.2, -0.15) is 8.42 Å². The SMILES string of the molecule is C#Cc1ccc2c(c1)[nH]c1c2c(=O)c2cc(OCC(C)C)c(-c3cncc(S(=O)(=O)F)c3)cc2n1C1CCN(C)CC1. The van der Waals surface area contributed by atoms with E-state index in [0.717, 1.165) is 43.0 Å². The first kappa shape index (κ1) is 27.9. The second-order valence-corrected chi connectivity index (χ2v) is 12.8. The fourth-order valence-corrected chi connectivity index (χ4v) is 6.28. The van der Waals surface area contributed by atoms with E-state index < -0.39 is 15.1 Å². The number of aromatic amines is 1. The Balaban J connectivity index is 1.72. The fourth-order valence-electron chi connectivity index (χ4n) is 5.82. The van der Waals surface area contributed by atoms with Gasteiger partial charge in [-0.1, -0.05) is 25.8 Å². The number of likely N-dealkylation sites (tertiary alicyclic amines) is 1. The summed E-state index contributed by atoms with van der Waals surface area (Å²) in [5, 5.41) is 1.85. The molecule has 0 amide bonds. The van der Waals surface area contributed by atoms with Crippen LogP contribution in [0.1, 0.15) is 38.3 Å². The van der Waals surface area contributed by atoms with Crippen LogP contribution in [0, 0.1) is 18.3 Å². The van der Waals surface area contributed by atoms with Gasteiger partial charge in [0.2, 0.25) is 0 Å². The Bertz CT molecular complexity index is 2070. The van der Waals surface area contributed by atoms with Crippen molar-refractivity contribution in [3.8, 4) is 29.2 Å². The number of H-pyrrole nitrogens is 1. The van der Waals surface area contributed by atoms with Gasteiger partial charge in [-0.3, -0.25) is 9.78 Å². The maximum atomic E-state index is 14.2. The number of piperidine rings is 1. The lowest BCUT2D eigenvalue weighted by Crippen LogP contribution is -2.32. The van der Waals surface area contributed by atoms with E-state index in [0.29, 0.717) is 51.0 Å². The maximum absolute atomic E-state index is 14.2. The van der Waals surface area contributed by atoms with E-state index in [1.165, 1.54) is 12.3 Å². The molecule has 1 fully saturated rings. The predicted molar refractivity (Wildman–Crippen MR) is 163 cm³/mol. The first-order valence-corrected chi connectivity index (χ1v) is 15.3. The zero-order valence-corrected chi connectivity index (χ0v) is 24.5. The number of aromatic nitrogens is 3. The topological polar surface area (TPSA) is 97.3 Å². The van der Waals surface area contributed by atoms with Crippen LogP contribution in [-0.2, 0) is 10.2 Å². The second-order valence-electron chi connectivity index (χ2n) is 11.4. The van der Waals surface area contributed by atoms with Crippen LogP contribution in [-0.4, -0.2) is 54.6 Å². The molecule has 1 aliphatic heterocycles. The molecular weight excluding hydrogens is 555 g/mol. The molecule has 0 saturated carbocycles. The molecule has 3 aromatic heterocycles. The number of nitrogens with zero attached hydrogens (tertiary/aromatic N) is 3. The summed E-state index contributed by atoms with van der Waals surface area (Å²) in [6.45, 7) is 6.16. The third kappa shape index (κ3) is 4.93. The summed E-state index contributed by atoms with van der Waals surface area (Å²) in [6.07, 6.45) is 9.85. The number of ether oxygens (including phenoxy) is 1. The first-order valence-electron chi connectivity index (χ1n) is 13.9. The molecule has 1 saturated heterocycles. The monoisotopic (exact) mass is 586 g/mol. The summed E-state index contributed by atoms with van der Waals surface area (Å²) in [7, 11) is -2.89. The summed E-state index contributed by atoms with van der Waals surface area (Å²) >= 11 is 0. The van der Waals surface area contributed by atoms with Crippen molar-refractivity contribution in [2.75, 3.05) is 26.7 Å². The van der Waals surface area contributed by atoms with Crippen molar-refractivity contribution in [3.05, 3.63) is 64.6 Å². The van der Waals surface area contributed by atoms with Crippen molar-refractivity contribution in [3.63, 3.8) is 0 Å². The molecule has 4 heterocycles. The van der Waals surface area contributed by atoms with Gasteiger partial charge in [-0.15, -0.1) is 10.3 Å². The quantitative estimate of drug-likeness (QED) is 0.204. The van der Waals surface area contributed by atoms with Gasteiger partial charge in [0.25, 0.3) is 0 Å². The summed E-state index contributed by atoms with van der Waals surface area (Å²) in [5.74, 6) is 3.24. The molecule has 2 aromatic carbocycles. The Morgan fingerprint density at radius 3 is 2.60 bits per heavy atom. The van der Waals surface area contributed by atoms with E-state index in [9.17, 15) is 17.1 Å². The van der Waals surface area contributed by atoms with Crippen molar-refractivity contribution in [1.29, 1.82) is 0 Å². The molecule has 0 atom stereocenters. The van der Waals surface area contributed by atoms with E-state index >= 15 is 0 Å². The van der Waals surface area contributed by atoms with E-state index in [4.69, 9.17) is 11.2 Å². The van der Waals surface area contributed by atoms with Crippen LogP contribution in [0.3, 0.4) is 0 Å². The Labute approximate surface area is 243 Å². The van der Waals surface area contributed by atoms with Crippen molar-refractivity contribution in [2.45, 2.75) is 37.6 Å². The number of hydrogen-bond donors (Lipinski definition) is 1. The van der Waals surface area contributed by atoms with Crippen molar-refractivity contribution >= 4 is 43.1 Å². The number of benzene rings is 2. The van der Waals surface area contributed by atoms with Crippen LogP contribution in [0.2, 0.25) is 0 Å². The van der Waals surface area contributed by atoms with Crippen LogP contribution in [0.15, 0.2) is 58.5 Å². The molecule has 5 aromatic rings. The second kappa shape index (κ2) is 10.6. The van der Waals surface area contributed by atoms with Gasteiger partial charge < -0.3 is 19.2 Å². The first-order chi connectivity index (χ1) is 20.0. The summed E-state index contributed by atoms with van der Waals surface area (Å²) in [5.41, 5.74) is 3.59. The average Bonchev–Trinajstić information content (AvgIpc) is 3.35. The molecule has 42 heavy (non-hydrogen) atoms. The maximum Gasteiger partial charge on any atom is 0.333 e. The summed E-state index contributed by atoms with van der Waals surface area (Å²) < 4.78 is 45.8. The lowest BCUT2D eigenvalue weighted by Gasteiger charge is -2.32. The third-order valence-corrected chi connectivity index (χ3v) is 8.73. The predicted octanol–water partition coefficient (Wildman–Crippen LogP) is 5.64. The minimum Gasteiger partial charge on any atom is -0.493 e. The van der Waals surface area contributed by atoms with Gasteiger partial charge in [0, 0.05) is 46.0 Å². The largest absolute Gasteiger partial charge is 0.493 e. The molecule has 0 aliphatic carbocycles. The number of rotatable bonds is 6. The van der Waals surface area contributed by atoms with Crippen LogP contribution < -0.4 is 10.2 Å². The van der Waals surface area contributed by atoms with Crippen LogP contribution in [0.4, 0.5) is 3.89 Å². The molecule has 1 N–H and O–H groups in total. The van der Waals surface area contributed by atoms with Crippen LogP contribution in [0.25, 0.3) is 44.0 Å². The molecule has 1 aliphatic rings. The zero-order chi connectivity index (χ0) is 29.8. The number of fused-ring (bicyclic) bond motifs is 4. The van der Waals surface area contributed by atoms with E-state index in [2.05, 4.69) is 32.4 Å². The van der Waals surface area contributed by atoms with Gasteiger partial charge in [-0.25, -0.2) is 0 Å². The Kier molecular flexibility index (Phi) is 7.03. The number of pyridine rings is 2. The summed E-state index contributed by atoms with van der Waals surface area (Å²) in [6, 6.07) is 10.5. The van der Waals surface area contributed by atoms with Gasteiger partial charge in [0.1, 0.15) is 16.3 Å². The zero-order valence-electron chi connectivity index (χ0n) is 23.6. The molecule has 10 heteroatoms. The number of terminal acetylenes is 1. The molecular formula is C32H31FN4O4S. The minimum absolute atomic E-state index is 0.0814. The van der Waals surface area contributed by atoms with E-state index in [1.807, 2.05) is 38.1 Å². The number of hydrogen-bond acceptors (Lipinski definition) is 6. The average molecular weight is 587 g/mol. The molecule has 216 valence electrons. The standard InChI is InChI=1S/C32H31FN4O4S/c1-5-20-6-7-24-27(12-20)35-32-30(24)31(38)26-15-29(41-18-19(2)3)25(21-13-23(17-34-16-21)42(33,39)40)14-28(26)37(32)22-8-10-36(4)11-9-22/h1,6-7,12-17,19,22,35H,8-11,18H2,2-4H3. The fraction of sp³-hybridized carbons (Fsp3) is 0.312. The normalized spacial score (nSPS) is 15.1. The van der Waals surface area contributed by atoms with Crippen molar-refractivity contribution in [2.24, 2.45) is 5.92 Å². The molecule has 0 spiro atoms. The van der Waals surface area contributed by atoms with Gasteiger partial charge in [0.15, 0.2) is 5.43 Å². The van der Waals surface area contributed by atoms with Gasteiger partial charge >= 0.3 is 10.2 Å². The highest BCUT2D eigenvalue weighted by Crippen LogP contribution is 2.39. The summed E-state index contributed by atoms with van der Waals surface area (Å²) in [4.78, 5) is 23.5.